The highest BCUT2D eigenvalue weighted by molar-refractivity contribution is 7.80. The van der Waals surface area contributed by atoms with Gasteiger partial charge < -0.3 is 14.4 Å². The Bertz CT molecular complexity index is 1830. The molecule has 0 atom stereocenters. The summed E-state index contributed by atoms with van der Waals surface area (Å²) in [5.41, 5.74) is 4.64. The van der Waals surface area contributed by atoms with Gasteiger partial charge in [-0.25, -0.2) is 4.79 Å². The van der Waals surface area contributed by atoms with Gasteiger partial charge in [0.2, 0.25) is 0 Å². The van der Waals surface area contributed by atoms with E-state index in [0.717, 1.165) is 27.5 Å². The van der Waals surface area contributed by atoms with Gasteiger partial charge in [0, 0.05) is 22.6 Å². The number of benzene rings is 3. The first-order valence-corrected chi connectivity index (χ1v) is 13.2. The van der Waals surface area contributed by atoms with Gasteiger partial charge in [0.1, 0.15) is 17.9 Å². The first kappa shape index (κ1) is 28.0. The average molecular weight is 577 g/mol. The number of amides is 2. The molecular formula is C32H24N4O5S. The second-order valence-corrected chi connectivity index (χ2v) is 9.91. The fraction of sp³-hybridized carbons (Fsp3) is 0.0938. The fourth-order valence-electron chi connectivity index (χ4n) is 4.76. The predicted octanol–water partition coefficient (Wildman–Crippen LogP) is 5.07. The number of hydrogen-bond acceptors (Lipinski definition) is 6. The molecule has 2 amide bonds. The maximum atomic E-state index is 13.5. The molecule has 1 fully saturated rings. The Balaban J connectivity index is 1.40. The summed E-state index contributed by atoms with van der Waals surface area (Å²) in [5, 5.41) is 21.0. The number of carboxylic acids is 1. The molecule has 2 heterocycles. The normalized spacial score (nSPS) is 14.1. The second-order valence-electron chi connectivity index (χ2n) is 9.53. The van der Waals surface area contributed by atoms with Gasteiger partial charge in [-0.15, -0.1) is 0 Å². The number of rotatable bonds is 7. The zero-order chi connectivity index (χ0) is 30.0. The molecule has 0 aliphatic carbocycles. The minimum absolute atomic E-state index is 0.0162. The number of hydrogen-bond donors (Lipinski definition) is 2. The minimum atomic E-state index is -1.15. The molecule has 2 N–H and O–H groups in total. The van der Waals surface area contributed by atoms with Crippen LogP contribution in [0.5, 0.6) is 5.75 Å². The van der Waals surface area contributed by atoms with Gasteiger partial charge >= 0.3 is 5.97 Å². The van der Waals surface area contributed by atoms with Crippen molar-refractivity contribution in [2.45, 2.75) is 20.5 Å². The van der Waals surface area contributed by atoms with Crippen LogP contribution in [-0.2, 0) is 16.2 Å². The maximum Gasteiger partial charge on any atom is 0.335 e. The van der Waals surface area contributed by atoms with Gasteiger partial charge in [0.15, 0.2) is 5.11 Å². The number of anilines is 1. The van der Waals surface area contributed by atoms with Gasteiger partial charge in [0.25, 0.3) is 11.8 Å². The number of aromatic carboxylic acids is 1. The van der Waals surface area contributed by atoms with Gasteiger partial charge in [-0.05, 0) is 92.3 Å². The zero-order valence-electron chi connectivity index (χ0n) is 22.6. The standard InChI is InChI=1S/C32H24N4O5S/c1-19-14-24(16-28-29(37)34-32(42)36(30(28)38)26-9-5-8-21(15-26)31(39)40)20(2)35(19)25-10-12-27(13-11-25)41-18-23-7-4-3-6-22(23)17-33/h3-16H,18H2,1-2H3,(H,39,40)(H,34,37,42). The van der Waals surface area contributed by atoms with E-state index >= 15 is 0 Å². The Morgan fingerprint density at radius 2 is 1.76 bits per heavy atom. The van der Waals surface area contributed by atoms with Crippen molar-refractivity contribution < 1.29 is 24.2 Å². The van der Waals surface area contributed by atoms with E-state index in [1.165, 1.54) is 24.3 Å². The highest BCUT2D eigenvalue weighted by Gasteiger charge is 2.35. The Hall–Kier alpha value is -5.53. The highest BCUT2D eigenvalue weighted by Crippen LogP contribution is 2.27. The smallest absolute Gasteiger partial charge is 0.335 e. The van der Waals surface area contributed by atoms with Crippen LogP contribution >= 0.6 is 12.2 Å². The molecule has 0 spiro atoms. The number of aryl methyl sites for hydroxylation is 1. The minimum Gasteiger partial charge on any atom is -0.489 e. The van der Waals surface area contributed by atoms with Crippen molar-refractivity contribution in [1.82, 2.24) is 9.88 Å². The molecule has 1 aromatic heterocycles. The van der Waals surface area contributed by atoms with E-state index in [1.54, 1.807) is 12.1 Å². The van der Waals surface area contributed by atoms with E-state index in [9.17, 15) is 24.8 Å². The number of carbonyl (C=O) groups is 3. The summed E-state index contributed by atoms with van der Waals surface area (Å²) in [6, 6.07) is 24.6. The fourth-order valence-corrected chi connectivity index (χ4v) is 5.05. The number of carbonyl (C=O) groups excluding carboxylic acids is 2. The molecule has 208 valence electrons. The molecule has 9 nitrogen and oxygen atoms in total. The molecule has 0 unspecified atom stereocenters. The van der Waals surface area contributed by atoms with Crippen molar-refractivity contribution in [3.05, 3.63) is 118 Å². The van der Waals surface area contributed by atoms with Crippen molar-refractivity contribution in [3.63, 3.8) is 0 Å². The van der Waals surface area contributed by atoms with Gasteiger partial charge in [-0.3, -0.25) is 19.8 Å². The van der Waals surface area contributed by atoms with Crippen molar-refractivity contribution in [1.29, 1.82) is 5.26 Å². The summed E-state index contributed by atoms with van der Waals surface area (Å²) < 4.78 is 7.88. The summed E-state index contributed by atoms with van der Waals surface area (Å²) in [4.78, 5) is 38.9. The molecule has 0 radical (unpaired) electrons. The molecule has 0 bridgehead atoms. The molecule has 10 heteroatoms. The highest BCUT2D eigenvalue weighted by atomic mass is 32.1. The number of carboxylic acid groups (broad SMARTS) is 1. The lowest BCUT2D eigenvalue weighted by atomic mass is 10.1. The predicted molar refractivity (Wildman–Crippen MR) is 160 cm³/mol. The molecule has 4 aromatic rings. The molecule has 1 saturated heterocycles. The van der Waals surface area contributed by atoms with Crippen LogP contribution in [0.4, 0.5) is 5.69 Å². The first-order chi connectivity index (χ1) is 20.2. The third-order valence-electron chi connectivity index (χ3n) is 6.85. The Labute approximate surface area is 246 Å². The third-order valence-corrected chi connectivity index (χ3v) is 7.13. The SMILES string of the molecule is Cc1cc(C=C2C(=O)NC(=S)N(c3cccc(C(=O)O)c3)C2=O)c(C)n1-c1ccc(OCc2ccccc2C#N)cc1. The molecule has 1 aliphatic heterocycles. The lowest BCUT2D eigenvalue weighted by Gasteiger charge is -2.29. The van der Waals surface area contributed by atoms with Crippen LogP contribution in [0.2, 0.25) is 0 Å². The number of nitrogens with one attached hydrogen (secondary N) is 1. The van der Waals surface area contributed by atoms with Crippen LogP contribution < -0.4 is 15.0 Å². The zero-order valence-corrected chi connectivity index (χ0v) is 23.4. The number of nitrogens with zero attached hydrogens (tertiary/aromatic N) is 3. The summed E-state index contributed by atoms with van der Waals surface area (Å²) in [5.74, 6) is -1.80. The monoisotopic (exact) mass is 576 g/mol. The summed E-state index contributed by atoms with van der Waals surface area (Å²) in [7, 11) is 0. The molecule has 3 aromatic carbocycles. The molecule has 5 rings (SSSR count). The van der Waals surface area contributed by atoms with Gasteiger partial charge in [-0.2, -0.15) is 5.26 Å². The first-order valence-electron chi connectivity index (χ1n) is 12.8. The van der Waals surface area contributed by atoms with E-state index in [0.29, 0.717) is 16.9 Å². The lowest BCUT2D eigenvalue weighted by molar-refractivity contribution is -0.122. The van der Waals surface area contributed by atoms with Crippen LogP contribution in [-0.4, -0.2) is 32.6 Å². The number of thiocarbonyl (C=S) groups is 1. The number of aromatic nitrogens is 1. The summed E-state index contributed by atoms with van der Waals surface area (Å²) >= 11 is 5.24. The Morgan fingerprint density at radius 3 is 2.48 bits per heavy atom. The van der Waals surface area contributed by atoms with Crippen molar-refractivity contribution >= 4 is 46.9 Å². The second kappa shape index (κ2) is 11.5. The van der Waals surface area contributed by atoms with E-state index in [-0.39, 0.29) is 28.5 Å². The van der Waals surface area contributed by atoms with E-state index < -0.39 is 17.8 Å². The van der Waals surface area contributed by atoms with Gasteiger partial charge in [0.05, 0.1) is 22.9 Å². The number of ether oxygens (including phenoxy) is 1. The lowest BCUT2D eigenvalue weighted by Crippen LogP contribution is -2.54. The van der Waals surface area contributed by atoms with Crippen LogP contribution in [0.25, 0.3) is 11.8 Å². The van der Waals surface area contributed by atoms with E-state index in [2.05, 4.69) is 11.4 Å². The average Bonchev–Trinajstić information content (AvgIpc) is 3.26. The van der Waals surface area contributed by atoms with Crippen molar-refractivity contribution in [2.24, 2.45) is 0 Å². The van der Waals surface area contributed by atoms with Crippen molar-refractivity contribution in [3.8, 4) is 17.5 Å². The summed E-state index contributed by atoms with van der Waals surface area (Å²) in [6.07, 6.45) is 1.51. The van der Waals surface area contributed by atoms with E-state index in [4.69, 9.17) is 17.0 Å². The molecular weight excluding hydrogens is 552 g/mol. The molecule has 0 saturated carbocycles. The van der Waals surface area contributed by atoms with E-state index in [1.807, 2.05) is 66.9 Å². The van der Waals surface area contributed by atoms with Crippen LogP contribution in [0.3, 0.4) is 0 Å². The largest absolute Gasteiger partial charge is 0.489 e. The maximum absolute atomic E-state index is 13.5. The Morgan fingerprint density at radius 1 is 1.02 bits per heavy atom. The van der Waals surface area contributed by atoms with Gasteiger partial charge in [-0.1, -0.05) is 24.3 Å². The van der Waals surface area contributed by atoms with Crippen LogP contribution in [0, 0.1) is 25.2 Å². The number of nitriles is 1. The molecule has 42 heavy (non-hydrogen) atoms. The van der Waals surface area contributed by atoms with Crippen LogP contribution in [0.1, 0.15) is 38.4 Å². The topological polar surface area (TPSA) is 125 Å². The third kappa shape index (κ3) is 5.41. The van der Waals surface area contributed by atoms with Crippen LogP contribution in [0.15, 0.2) is 84.4 Å². The quantitative estimate of drug-likeness (QED) is 0.179. The Kier molecular flexibility index (Phi) is 7.69. The summed E-state index contributed by atoms with van der Waals surface area (Å²) in [6.45, 7) is 4.06. The molecule has 1 aliphatic rings. The van der Waals surface area contributed by atoms with Crippen molar-refractivity contribution in [2.75, 3.05) is 4.90 Å².